The lowest BCUT2D eigenvalue weighted by Gasteiger charge is -2.15. The Balaban J connectivity index is 2.17. The van der Waals surface area contributed by atoms with Crippen LogP contribution in [0.5, 0.6) is 0 Å². The molecular formula is C13H14ClN3O2S. The van der Waals surface area contributed by atoms with E-state index in [2.05, 4.69) is 14.7 Å². The average molecular weight is 312 g/mol. The summed E-state index contributed by atoms with van der Waals surface area (Å²) in [6, 6.07) is 5.85. The van der Waals surface area contributed by atoms with Crippen molar-refractivity contribution in [1.82, 2.24) is 9.97 Å². The molecule has 7 heteroatoms. The molecule has 2 aromatic rings. The molecule has 0 fully saturated rings. The maximum absolute atomic E-state index is 11.5. The Kier molecular flexibility index (Phi) is 4.57. The lowest BCUT2D eigenvalue weighted by Crippen LogP contribution is -2.17. The monoisotopic (exact) mass is 311 g/mol. The van der Waals surface area contributed by atoms with Crippen molar-refractivity contribution in [2.24, 2.45) is 0 Å². The van der Waals surface area contributed by atoms with Gasteiger partial charge >= 0.3 is 5.97 Å². The quantitative estimate of drug-likeness (QED) is 0.813. The van der Waals surface area contributed by atoms with E-state index >= 15 is 0 Å². The second-order valence-corrected chi connectivity index (χ2v) is 5.57. The van der Waals surface area contributed by atoms with Gasteiger partial charge in [-0.2, -0.15) is 0 Å². The molecule has 0 aliphatic carbocycles. The van der Waals surface area contributed by atoms with Crippen LogP contribution in [0.4, 0.5) is 5.13 Å². The molecule has 0 N–H and O–H groups in total. The predicted octanol–water partition coefficient (Wildman–Crippen LogP) is 2.92. The highest BCUT2D eigenvalue weighted by atomic mass is 35.5. The van der Waals surface area contributed by atoms with Gasteiger partial charge in [-0.05, 0) is 19.1 Å². The van der Waals surface area contributed by atoms with Crippen LogP contribution in [-0.2, 0) is 11.3 Å². The first-order valence-corrected chi connectivity index (χ1v) is 7.09. The van der Waals surface area contributed by atoms with Crippen molar-refractivity contribution in [2.75, 3.05) is 19.1 Å². The van der Waals surface area contributed by atoms with Gasteiger partial charge in [-0.15, -0.1) is 0 Å². The van der Waals surface area contributed by atoms with E-state index in [9.17, 15) is 4.79 Å². The largest absolute Gasteiger partial charge is 0.465 e. The number of aryl methyl sites for hydroxylation is 1. The van der Waals surface area contributed by atoms with Crippen LogP contribution >= 0.6 is 22.9 Å². The van der Waals surface area contributed by atoms with Gasteiger partial charge in [-0.1, -0.05) is 29.0 Å². The lowest BCUT2D eigenvalue weighted by atomic mass is 10.3. The molecule has 0 spiro atoms. The highest BCUT2D eigenvalue weighted by Gasteiger charge is 2.19. The number of methoxy groups -OCH3 is 1. The zero-order valence-electron chi connectivity index (χ0n) is 11.4. The van der Waals surface area contributed by atoms with Crippen LogP contribution in [0.1, 0.15) is 21.1 Å². The molecule has 0 aliphatic rings. The first kappa shape index (κ1) is 14.7. The highest BCUT2D eigenvalue weighted by molar-refractivity contribution is 7.18. The van der Waals surface area contributed by atoms with Crippen molar-refractivity contribution >= 4 is 34.0 Å². The lowest BCUT2D eigenvalue weighted by molar-refractivity contribution is 0.0606. The van der Waals surface area contributed by atoms with Crippen LogP contribution in [0.15, 0.2) is 18.2 Å². The van der Waals surface area contributed by atoms with Gasteiger partial charge in [0, 0.05) is 12.7 Å². The number of rotatable bonds is 4. The molecule has 0 radical (unpaired) electrons. The second kappa shape index (κ2) is 6.19. The Morgan fingerprint density at radius 1 is 1.45 bits per heavy atom. The molecule has 106 valence electrons. The van der Waals surface area contributed by atoms with Crippen LogP contribution in [0.3, 0.4) is 0 Å². The summed E-state index contributed by atoms with van der Waals surface area (Å²) in [5, 5.41) is 0.819. The number of carbonyl (C=O) groups is 1. The minimum Gasteiger partial charge on any atom is -0.465 e. The third kappa shape index (κ3) is 3.26. The van der Waals surface area contributed by atoms with Gasteiger partial charge in [0.25, 0.3) is 0 Å². The molecule has 0 amide bonds. The number of thiazole rings is 1. The number of halogens is 1. The SMILES string of the molecule is COC(=O)c1sc(N(C)Cc2cccc(C)n2)nc1Cl. The normalized spacial score (nSPS) is 10.4. The molecule has 0 atom stereocenters. The van der Waals surface area contributed by atoms with Gasteiger partial charge in [-0.3, -0.25) is 4.98 Å². The molecule has 0 saturated heterocycles. The molecule has 0 unspecified atom stereocenters. The number of hydrogen-bond donors (Lipinski definition) is 0. The molecule has 0 saturated carbocycles. The smallest absolute Gasteiger partial charge is 0.351 e. The fourth-order valence-corrected chi connectivity index (χ4v) is 2.83. The van der Waals surface area contributed by atoms with E-state index in [1.165, 1.54) is 18.4 Å². The number of pyridine rings is 1. The van der Waals surface area contributed by atoms with Crippen LogP contribution < -0.4 is 4.90 Å². The average Bonchev–Trinajstić information content (AvgIpc) is 2.80. The van der Waals surface area contributed by atoms with Crippen molar-refractivity contribution < 1.29 is 9.53 Å². The van der Waals surface area contributed by atoms with Crippen molar-refractivity contribution in [3.8, 4) is 0 Å². The summed E-state index contributed by atoms with van der Waals surface area (Å²) >= 11 is 7.15. The first-order valence-electron chi connectivity index (χ1n) is 5.89. The van der Waals surface area contributed by atoms with Crippen molar-refractivity contribution in [1.29, 1.82) is 0 Å². The molecule has 0 aliphatic heterocycles. The topological polar surface area (TPSA) is 55.3 Å². The summed E-state index contributed by atoms with van der Waals surface area (Å²) < 4.78 is 4.66. The third-order valence-electron chi connectivity index (χ3n) is 2.62. The number of carbonyl (C=O) groups excluding carboxylic acids is 1. The van der Waals surface area contributed by atoms with E-state index in [0.29, 0.717) is 16.6 Å². The van der Waals surface area contributed by atoms with Crippen molar-refractivity contribution in [2.45, 2.75) is 13.5 Å². The Morgan fingerprint density at radius 3 is 2.85 bits per heavy atom. The molecular weight excluding hydrogens is 298 g/mol. The van der Waals surface area contributed by atoms with Crippen LogP contribution in [0.25, 0.3) is 0 Å². The van der Waals surface area contributed by atoms with Gasteiger partial charge in [-0.25, -0.2) is 9.78 Å². The standard InChI is InChI=1S/C13H14ClN3O2S/c1-8-5-4-6-9(15-8)7-17(2)13-16-11(14)10(20-13)12(18)19-3/h4-6H,7H2,1-3H3. The zero-order valence-corrected chi connectivity index (χ0v) is 13.0. The summed E-state index contributed by atoms with van der Waals surface area (Å²) in [4.78, 5) is 22.3. The summed E-state index contributed by atoms with van der Waals surface area (Å²) in [5.41, 5.74) is 1.89. The fourth-order valence-electron chi connectivity index (χ4n) is 1.67. The van der Waals surface area contributed by atoms with E-state index < -0.39 is 5.97 Å². The Bertz CT molecular complexity index is 630. The molecule has 5 nitrogen and oxygen atoms in total. The Hall–Kier alpha value is -1.66. The summed E-state index contributed by atoms with van der Waals surface area (Å²) in [6.45, 7) is 2.53. The van der Waals surface area contributed by atoms with Crippen molar-refractivity contribution in [3.63, 3.8) is 0 Å². The molecule has 2 rings (SSSR count). The third-order valence-corrected chi connectivity index (χ3v) is 4.15. The minimum absolute atomic E-state index is 0.168. The van der Waals surface area contributed by atoms with E-state index in [-0.39, 0.29) is 5.15 Å². The molecule has 0 bridgehead atoms. The molecule has 2 aromatic heterocycles. The maximum Gasteiger partial charge on any atom is 0.351 e. The van der Waals surface area contributed by atoms with Crippen LogP contribution in [0.2, 0.25) is 5.15 Å². The maximum atomic E-state index is 11.5. The number of nitrogens with zero attached hydrogens (tertiary/aromatic N) is 3. The van der Waals surface area contributed by atoms with Gasteiger partial charge in [0.05, 0.1) is 19.3 Å². The van der Waals surface area contributed by atoms with E-state index in [1.807, 2.05) is 37.1 Å². The fraction of sp³-hybridized carbons (Fsp3) is 0.308. The van der Waals surface area contributed by atoms with E-state index in [1.54, 1.807) is 0 Å². The zero-order chi connectivity index (χ0) is 14.7. The summed E-state index contributed by atoms with van der Waals surface area (Å²) in [5.74, 6) is -0.471. The van der Waals surface area contributed by atoms with E-state index in [4.69, 9.17) is 11.6 Å². The second-order valence-electron chi connectivity index (χ2n) is 4.23. The summed E-state index contributed by atoms with van der Waals surface area (Å²) in [7, 11) is 3.19. The highest BCUT2D eigenvalue weighted by Crippen LogP contribution is 2.30. The number of aromatic nitrogens is 2. The van der Waals surface area contributed by atoms with Gasteiger partial charge in [0.15, 0.2) is 15.2 Å². The number of esters is 1. The van der Waals surface area contributed by atoms with Gasteiger partial charge in [0.2, 0.25) is 0 Å². The predicted molar refractivity (Wildman–Crippen MR) is 79.5 cm³/mol. The van der Waals surface area contributed by atoms with Gasteiger partial charge < -0.3 is 9.64 Å². The van der Waals surface area contributed by atoms with Crippen LogP contribution in [-0.4, -0.2) is 30.1 Å². The van der Waals surface area contributed by atoms with E-state index in [0.717, 1.165) is 11.4 Å². The Labute approximate surface area is 126 Å². The molecule has 20 heavy (non-hydrogen) atoms. The molecule has 0 aromatic carbocycles. The van der Waals surface area contributed by atoms with Crippen LogP contribution in [0, 0.1) is 6.92 Å². The van der Waals surface area contributed by atoms with Crippen molar-refractivity contribution in [3.05, 3.63) is 39.6 Å². The number of ether oxygens (including phenoxy) is 1. The Morgan fingerprint density at radius 2 is 2.20 bits per heavy atom. The minimum atomic E-state index is -0.471. The first-order chi connectivity index (χ1) is 9.51. The number of anilines is 1. The van der Waals surface area contributed by atoms with Gasteiger partial charge in [0.1, 0.15) is 0 Å². The molecule has 2 heterocycles. The number of hydrogen-bond acceptors (Lipinski definition) is 6. The summed E-state index contributed by atoms with van der Waals surface area (Å²) in [6.07, 6.45) is 0.